The maximum absolute atomic E-state index is 11.4. The van der Waals surface area contributed by atoms with Gasteiger partial charge in [0, 0.05) is 13.0 Å². The van der Waals surface area contributed by atoms with Crippen LogP contribution in [0.5, 0.6) is 0 Å². The van der Waals surface area contributed by atoms with Crippen molar-refractivity contribution in [1.82, 2.24) is 5.32 Å². The number of rotatable bonds is 2. The first kappa shape index (κ1) is 10.7. The minimum absolute atomic E-state index is 0.0761. The normalized spacial score (nSPS) is 24.9. The van der Waals surface area contributed by atoms with Crippen LogP contribution in [0.15, 0.2) is 30.3 Å². The second-order valence-electron chi connectivity index (χ2n) is 4.03. The van der Waals surface area contributed by atoms with E-state index in [0.717, 1.165) is 5.56 Å². The quantitative estimate of drug-likeness (QED) is 0.777. The van der Waals surface area contributed by atoms with E-state index in [1.54, 1.807) is 12.1 Å². The van der Waals surface area contributed by atoms with Crippen molar-refractivity contribution < 1.29 is 14.7 Å². The first-order valence-electron chi connectivity index (χ1n) is 5.21. The fourth-order valence-corrected chi connectivity index (χ4v) is 2.06. The number of piperidine rings is 1. The highest BCUT2D eigenvalue weighted by Crippen LogP contribution is 2.31. The highest BCUT2D eigenvalue weighted by atomic mass is 16.4. The van der Waals surface area contributed by atoms with Crippen molar-refractivity contribution in [2.45, 2.75) is 18.3 Å². The summed E-state index contributed by atoms with van der Waals surface area (Å²) in [6, 6.07) is 9.07. The Morgan fingerprint density at radius 2 is 2.00 bits per heavy atom. The molecule has 0 bridgehead atoms. The monoisotopic (exact) mass is 219 g/mol. The molecule has 0 radical (unpaired) electrons. The van der Waals surface area contributed by atoms with E-state index in [4.69, 9.17) is 0 Å². The first-order chi connectivity index (χ1) is 7.65. The predicted molar refractivity (Wildman–Crippen MR) is 58.0 cm³/mol. The lowest BCUT2D eigenvalue weighted by atomic mass is 9.74. The van der Waals surface area contributed by atoms with Crippen LogP contribution in [-0.2, 0) is 15.0 Å². The van der Waals surface area contributed by atoms with Gasteiger partial charge in [0.1, 0.15) is 5.41 Å². The molecule has 0 aliphatic carbocycles. The number of benzene rings is 1. The maximum Gasteiger partial charge on any atom is 0.315 e. The van der Waals surface area contributed by atoms with E-state index in [1.807, 2.05) is 18.2 Å². The fourth-order valence-electron chi connectivity index (χ4n) is 2.06. The van der Waals surface area contributed by atoms with Gasteiger partial charge in [-0.2, -0.15) is 0 Å². The molecule has 0 saturated carbocycles. The summed E-state index contributed by atoms with van der Waals surface area (Å²) in [5.74, 6) is -0.952. The minimum atomic E-state index is -0.963. The lowest BCUT2D eigenvalue weighted by molar-refractivity contribution is -0.145. The maximum atomic E-state index is 11.4. The van der Waals surface area contributed by atoms with E-state index in [1.165, 1.54) is 0 Å². The zero-order valence-corrected chi connectivity index (χ0v) is 8.77. The van der Waals surface area contributed by atoms with Gasteiger partial charge >= 0.3 is 5.97 Å². The Labute approximate surface area is 93.3 Å². The van der Waals surface area contributed by atoms with E-state index >= 15 is 0 Å². The van der Waals surface area contributed by atoms with E-state index in [-0.39, 0.29) is 18.9 Å². The lowest BCUT2D eigenvalue weighted by Crippen LogP contribution is -2.51. The fraction of sp³-hybridized carbons (Fsp3) is 0.333. The average molecular weight is 219 g/mol. The van der Waals surface area contributed by atoms with E-state index in [2.05, 4.69) is 5.32 Å². The standard InChI is InChI=1S/C12H13NO3/c14-10-6-7-12(8-13-10,11(15)16)9-4-2-1-3-5-9/h1-5H,6-8H2,(H,13,14)(H,15,16). The molecule has 1 aromatic carbocycles. The van der Waals surface area contributed by atoms with Gasteiger partial charge in [0.05, 0.1) is 0 Å². The first-order valence-corrected chi connectivity index (χ1v) is 5.21. The molecule has 4 heteroatoms. The summed E-state index contributed by atoms with van der Waals surface area (Å²) in [6.45, 7) is 0.172. The molecular formula is C12H13NO3. The molecule has 1 amide bonds. The third-order valence-corrected chi connectivity index (χ3v) is 3.10. The van der Waals surface area contributed by atoms with Gasteiger partial charge in [-0.05, 0) is 12.0 Å². The number of carboxylic acid groups (broad SMARTS) is 1. The number of carboxylic acids is 1. The summed E-state index contributed by atoms with van der Waals surface area (Å²) in [5.41, 5.74) is -0.211. The van der Waals surface area contributed by atoms with E-state index in [9.17, 15) is 14.7 Å². The van der Waals surface area contributed by atoms with Gasteiger partial charge in [-0.15, -0.1) is 0 Å². The number of carbonyl (C=O) groups excluding carboxylic acids is 1. The molecule has 4 nitrogen and oxygen atoms in total. The van der Waals surface area contributed by atoms with Crippen molar-refractivity contribution in [1.29, 1.82) is 0 Å². The van der Waals surface area contributed by atoms with Crippen molar-refractivity contribution in [2.75, 3.05) is 6.54 Å². The van der Waals surface area contributed by atoms with Gasteiger partial charge in [0.15, 0.2) is 0 Å². The molecule has 1 aliphatic rings. The predicted octanol–water partition coefficient (Wildman–Crippen LogP) is 0.919. The summed E-state index contributed by atoms with van der Waals surface area (Å²) >= 11 is 0. The van der Waals surface area contributed by atoms with Crippen molar-refractivity contribution in [3.63, 3.8) is 0 Å². The molecule has 0 aromatic heterocycles. The highest BCUT2D eigenvalue weighted by Gasteiger charge is 2.43. The third kappa shape index (κ3) is 1.66. The molecule has 1 atom stereocenters. The molecule has 1 aliphatic heterocycles. The van der Waals surface area contributed by atoms with Crippen LogP contribution in [0, 0.1) is 0 Å². The molecule has 1 aromatic rings. The molecule has 1 heterocycles. The Balaban J connectivity index is 2.37. The summed E-state index contributed by atoms with van der Waals surface area (Å²) in [6.07, 6.45) is 0.624. The van der Waals surface area contributed by atoms with Crippen LogP contribution in [0.2, 0.25) is 0 Å². The van der Waals surface area contributed by atoms with Crippen LogP contribution in [-0.4, -0.2) is 23.5 Å². The highest BCUT2D eigenvalue weighted by molar-refractivity contribution is 5.86. The number of hydrogen-bond acceptors (Lipinski definition) is 2. The van der Waals surface area contributed by atoms with Crippen LogP contribution in [0.1, 0.15) is 18.4 Å². The number of hydrogen-bond donors (Lipinski definition) is 2. The summed E-state index contributed by atoms with van der Waals surface area (Å²) in [7, 11) is 0. The second-order valence-corrected chi connectivity index (χ2v) is 4.03. The van der Waals surface area contributed by atoms with Crippen molar-refractivity contribution >= 4 is 11.9 Å². The van der Waals surface area contributed by atoms with Crippen molar-refractivity contribution in [2.24, 2.45) is 0 Å². The third-order valence-electron chi connectivity index (χ3n) is 3.10. The van der Waals surface area contributed by atoms with Gasteiger partial charge in [0.2, 0.25) is 5.91 Å². The van der Waals surface area contributed by atoms with Gasteiger partial charge in [0.25, 0.3) is 0 Å². The molecule has 16 heavy (non-hydrogen) atoms. The Bertz CT molecular complexity index is 404. The summed E-state index contributed by atoms with van der Waals surface area (Å²) in [4.78, 5) is 22.5. The molecule has 84 valence electrons. The Hall–Kier alpha value is -1.84. The number of amides is 1. The Morgan fingerprint density at radius 3 is 2.50 bits per heavy atom. The smallest absolute Gasteiger partial charge is 0.315 e. The van der Waals surface area contributed by atoms with E-state index in [0.29, 0.717) is 6.42 Å². The summed E-state index contributed by atoms with van der Waals surface area (Å²) in [5, 5.41) is 12.0. The van der Waals surface area contributed by atoms with E-state index < -0.39 is 11.4 Å². The number of nitrogens with one attached hydrogen (secondary N) is 1. The molecule has 2 N–H and O–H groups in total. The summed E-state index contributed by atoms with van der Waals surface area (Å²) < 4.78 is 0. The topological polar surface area (TPSA) is 66.4 Å². The molecule has 0 spiro atoms. The average Bonchev–Trinajstić information content (AvgIpc) is 2.31. The zero-order chi connectivity index (χ0) is 11.6. The molecular weight excluding hydrogens is 206 g/mol. The zero-order valence-electron chi connectivity index (χ0n) is 8.77. The van der Waals surface area contributed by atoms with Crippen molar-refractivity contribution in [3.8, 4) is 0 Å². The largest absolute Gasteiger partial charge is 0.481 e. The molecule has 1 saturated heterocycles. The minimum Gasteiger partial charge on any atom is -0.481 e. The lowest BCUT2D eigenvalue weighted by Gasteiger charge is -2.33. The van der Waals surface area contributed by atoms with Crippen molar-refractivity contribution in [3.05, 3.63) is 35.9 Å². The number of carbonyl (C=O) groups is 2. The molecule has 1 fully saturated rings. The Kier molecular flexibility index (Phi) is 2.64. The SMILES string of the molecule is O=C1CCC(C(=O)O)(c2ccccc2)CN1. The van der Waals surface area contributed by atoms with Gasteiger partial charge in [-0.1, -0.05) is 30.3 Å². The van der Waals surface area contributed by atoms with Crippen LogP contribution in [0.25, 0.3) is 0 Å². The van der Waals surface area contributed by atoms with Crippen LogP contribution in [0.3, 0.4) is 0 Å². The van der Waals surface area contributed by atoms with Crippen LogP contribution in [0.4, 0.5) is 0 Å². The molecule has 2 rings (SSSR count). The second kappa shape index (κ2) is 3.96. The van der Waals surface area contributed by atoms with Crippen LogP contribution >= 0.6 is 0 Å². The Morgan fingerprint density at radius 1 is 1.31 bits per heavy atom. The van der Waals surface area contributed by atoms with Gasteiger partial charge in [-0.3, -0.25) is 9.59 Å². The van der Waals surface area contributed by atoms with Crippen LogP contribution < -0.4 is 5.32 Å². The van der Waals surface area contributed by atoms with Gasteiger partial charge in [-0.25, -0.2) is 0 Å². The number of aliphatic carboxylic acids is 1. The van der Waals surface area contributed by atoms with Gasteiger partial charge < -0.3 is 10.4 Å². The molecule has 1 unspecified atom stereocenters.